The van der Waals surface area contributed by atoms with Gasteiger partial charge in [0.05, 0.1) is 0 Å². The van der Waals surface area contributed by atoms with Crippen molar-refractivity contribution in [2.45, 2.75) is 24.7 Å². The van der Waals surface area contributed by atoms with Crippen molar-refractivity contribution in [1.82, 2.24) is 0 Å². The average molecular weight is 311 g/mol. The second kappa shape index (κ2) is 6.22. The van der Waals surface area contributed by atoms with E-state index in [0.717, 1.165) is 30.5 Å². The van der Waals surface area contributed by atoms with Gasteiger partial charge in [-0.2, -0.15) is 0 Å². The van der Waals surface area contributed by atoms with Crippen molar-refractivity contribution in [3.05, 3.63) is 59.7 Å². The van der Waals surface area contributed by atoms with E-state index in [1.807, 2.05) is 6.92 Å². The summed E-state index contributed by atoms with van der Waals surface area (Å²) in [6.07, 6.45) is 1.88. The summed E-state index contributed by atoms with van der Waals surface area (Å²) in [6.45, 7) is 2.04. The summed E-state index contributed by atoms with van der Waals surface area (Å²) in [5.41, 5.74) is 1.39. The van der Waals surface area contributed by atoms with Crippen LogP contribution in [-0.2, 0) is 16.4 Å². The smallest absolute Gasteiger partial charge is 0.264 e. The van der Waals surface area contributed by atoms with Gasteiger partial charge in [-0.1, -0.05) is 25.5 Å². The van der Waals surface area contributed by atoms with E-state index in [4.69, 9.17) is 0 Å². The van der Waals surface area contributed by atoms with Crippen molar-refractivity contribution in [2.24, 2.45) is 0 Å². The maximum Gasteiger partial charge on any atom is 0.264 e. The van der Waals surface area contributed by atoms with E-state index in [1.165, 1.54) is 0 Å². The molecule has 0 aliphatic carbocycles. The molecule has 0 saturated heterocycles. The Hall–Kier alpha value is -1.95. The standard InChI is InChI=1S/C15H15F2NO2S/c1-2-3-11-4-7-13(8-5-11)18-21(19,20)15-10-12(16)6-9-14(15)17/h4-10,18H,2-3H2,1H3. The van der Waals surface area contributed by atoms with Crippen LogP contribution in [0.2, 0.25) is 0 Å². The third-order valence-corrected chi connectivity index (χ3v) is 4.32. The quantitative estimate of drug-likeness (QED) is 0.915. The van der Waals surface area contributed by atoms with E-state index in [2.05, 4.69) is 4.72 Å². The van der Waals surface area contributed by atoms with Crippen LogP contribution in [0.5, 0.6) is 0 Å². The zero-order valence-corrected chi connectivity index (χ0v) is 12.3. The van der Waals surface area contributed by atoms with E-state index in [9.17, 15) is 17.2 Å². The zero-order valence-electron chi connectivity index (χ0n) is 11.4. The number of hydrogen-bond acceptors (Lipinski definition) is 2. The molecule has 2 rings (SSSR count). The van der Waals surface area contributed by atoms with Crippen LogP contribution in [-0.4, -0.2) is 8.42 Å². The van der Waals surface area contributed by atoms with Crippen molar-refractivity contribution in [3.63, 3.8) is 0 Å². The van der Waals surface area contributed by atoms with Crippen LogP contribution in [0.15, 0.2) is 47.4 Å². The predicted octanol–water partition coefficient (Wildman–Crippen LogP) is 3.72. The predicted molar refractivity (Wildman–Crippen MR) is 77.6 cm³/mol. The molecule has 3 nitrogen and oxygen atoms in total. The molecular weight excluding hydrogens is 296 g/mol. The highest BCUT2D eigenvalue weighted by atomic mass is 32.2. The Bertz CT molecular complexity index is 728. The van der Waals surface area contributed by atoms with Crippen molar-refractivity contribution in [3.8, 4) is 0 Å². The van der Waals surface area contributed by atoms with Gasteiger partial charge in [-0.05, 0) is 42.3 Å². The Kier molecular flexibility index (Phi) is 4.57. The molecule has 0 spiro atoms. The van der Waals surface area contributed by atoms with Crippen molar-refractivity contribution in [2.75, 3.05) is 4.72 Å². The summed E-state index contributed by atoms with van der Waals surface area (Å²) in [6, 6.07) is 9.09. The van der Waals surface area contributed by atoms with Gasteiger partial charge in [0.25, 0.3) is 10.0 Å². The van der Waals surface area contributed by atoms with Crippen molar-refractivity contribution in [1.29, 1.82) is 0 Å². The third kappa shape index (κ3) is 3.78. The molecule has 0 fully saturated rings. The molecule has 6 heteroatoms. The fraction of sp³-hybridized carbons (Fsp3) is 0.200. The van der Waals surface area contributed by atoms with Crippen LogP contribution in [0, 0.1) is 11.6 Å². The Morgan fingerprint density at radius 3 is 2.33 bits per heavy atom. The molecule has 0 radical (unpaired) electrons. The van der Waals surface area contributed by atoms with Gasteiger partial charge in [-0.25, -0.2) is 17.2 Å². The number of hydrogen-bond donors (Lipinski definition) is 1. The molecule has 0 aliphatic rings. The van der Waals surface area contributed by atoms with Crippen LogP contribution < -0.4 is 4.72 Å². The normalized spacial score (nSPS) is 11.4. The molecule has 0 atom stereocenters. The number of halogens is 2. The van der Waals surface area contributed by atoms with Crippen molar-refractivity contribution >= 4 is 15.7 Å². The monoisotopic (exact) mass is 311 g/mol. The highest BCUT2D eigenvalue weighted by Crippen LogP contribution is 2.20. The molecule has 112 valence electrons. The molecule has 0 aromatic heterocycles. The first-order valence-electron chi connectivity index (χ1n) is 6.49. The lowest BCUT2D eigenvalue weighted by Gasteiger charge is -2.09. The van der Waals surface area contributed by atoms with Crippen LogP contribution >= 0.6 is 0 Å². The molecule has 1 N–H and O–H groups in total. The SMILES string of the molecule is CCCc1ccc(NS(=O)(=O)c2cc(F)ccc2F)cc1. The maximum absolute atomic E-state index is 13.5. The average Bonchev–Trinajstić information content (AvgIpc) is 2.43. The highest BCUT2D eigenvalue weighted by Gasteiger charge is 2.20. The lowest BCUT2D eigenvalue weighted by atomic mass is 10.1. The Labute approximate surface area is 122 Å². The van der Waals surface area contributed by atoms with E-state index >= 15 is 0 Å². The highest BCUT2D eigenvalue weighted by molar-refractivity contribution is 7.92. The van der Waals surface area contributed by atoms with Gasteiger partial charge in [0, 0.05) is 5.69 Å². The van der Waals surface area contributed by atoms with Gasteiger partial charge in [-0.3, -0.25) is 4.72 Å². The maximum atomic E-state index is 13.5. The number of sulfonamides is 1. The molecule has 0 saturated carbocycles. The molecule has 2 aromatic rings. The first-order chi connectivity index (χ1) is 9.92. The van der Waals surface area contributed by atoms with Gasteiger partial charge >= 0.3 is 0 Å². The lowest BCUT2D eigenvalue weighted by Crippen LogP contribution is -2.14. The number of nitrogens with one attached hydrogen (secondary N) is 1. The summed E-state index contributed by atoms with van der Waals surface area (Å²) >= 11 is 0. The second-order valence-corrected chi connectivity index (χ2v) is 6.28. The second-order valence-electron chi connectivity index (χ2n) is 4.63. The van der Waals surface area contributed by atoms with E-state index in [1.54, 1.807) is 24.3 Å². The summed E-state index contributed by atoms with van der Waals surface area (Å²) in [7, 11) is -4.16. The molecule has 0 aliphatic heterocycles. The topological polar surface area (TPSA) is 46.2 Å². The summed E-state index contributed by atoms with van der Waals surface area (Å²) in [4.78, 5) is -0.708. The molecule has 0 bridgehead atoms. The summed E-state index contributed by atoms with van der Waals surface area (Å²) in [5.74, 6) is -1.80. The Balaban J connectivity index is 2.26. The van der Waals surface area contributed by atoms with Gasteiger partial charge < -0.3 is 0 Å². The Morgan fingerprint density at radius 1 is 1.05 bits per heavy atom. The molecule has 0 unspecified atom stereocenters. The molecule has 0 heterocycles. The number of anilines is 1. The van der Waals surface area contributed by atoms with E-state index in [0.29, 0.717) is 11.8 Å². The Morgan fingerprint density at radius 2 is 1.71 bits per heavy atom. The van der Waals surface area contributed by atoms with E-state index in [-0.39, 0.29) is 0 Å². The fourth-order valence-corrected chi connectivity index (χ4v) is 3.07. The minimum absolute atomic E-state index is 0.304. The fourth-order valence-electron chi connectivity index (χ4n) is 1.92. The van der Waals surface area contributed by atoms with Crippen LogP contribution in [0.25, 0.3) is 0 Å². The van der Waals surface area contributed by atoms with Gasteiger partial charge in [0.1, 0.15) is 16.5 Å². The minimum Gasteiger partial charge on any atom is -0.280 e. The third-order valence-electron chi connectivity index (χ3n) is 2.93. The van der Waals surface area contributed by atoms with Gasteiger partial charge in [-0.15, -0.1) is 0 Å². The summed E-state index contributed by atoms with van der Waals surface area (Å²) in [5, 5.41) is 0. The molecule has 21 heavy (non-hydrogen) atoms. The van der Waals surface area contributed by atoms with Gasteiger partial charge in [0.15, 0.2) is 0 Å². The molecular formula is C15H15F2NO2S. The van der Waals surface area contributed by atoms with Gasteiger partial charge in [0.2, 0.25) is 0 Å². The molecule has 2 aromatic carbocycles. The molecule has 0 amide bonds. The number of benzene rings is 2. The summed E-state index contributed by atoms with van der Waals surface area (Å²) < 4.78 is 53.0. The van der Waals surface area contributed by atoms with E-state index < -0.39 is 26.6 Å². The van der Waals surface area contributed by atoms with Crippen molar-refractivity contribution < 1.29 is 17.2 Å². The first-order valence-corrected chi connectivity index (χ1v) is 7.97. The largest absolute Gasteiger partial charge is 0.280 e. The first kappa shape index (κ1) is 15.4. The van der Waals surface area contributed by atoms with Crippen LogP contribution in [0.3, 0.4) is 0 Å². The number of aryl methyl sites for hydroxylation is 1. The zero-order chi connectivity index (χ0) is 15.5. The number of rotatable bonds is 5. The lowest BCUT2D eigenvalue weighted by molar-refractivity contribution is 0.555. The van der Waals surface area contributed by atoms with Crippen LogP contribution in [0.1, 0.15) is 18.9 Å². The minimum atomic E-state index is -4.16. The van der Waals surface area contributed by atoms with Crippen LogP contribution in [0.4, 0.5) is 14.5 Å².